The van der Waals surface area contributed by atoms with E-state index in [-0.39, 0.29) is 0 Å². The van der Waals surface area contributed by atoms with Gasteiger partial charge in [-0.25, -0.2) is 0 Å². The molecule has 0 amide bonds. The Kier molecular flexibility index (Phi) is 19.2. The molecule has 0 fully saturated rings. The lowest BCUT2D eigenvalue weighted by Crippen LogP contribution is -2.39. The van der Waals surface area contributed by atoms with Crippen LogP contribution in [0.2, 0.25) is 0 Å². The first-order valence-corrected chi connectivity index (χ1v) is 12.2. The Morgan fingerprint density at radius 1 is 0.633 bits per heavy atom. The fourth-order valence-corrected chi connectivity index (χ4v) is 3.89. The largest absolute Gasteiger partial charge is 0.379 e. The number of benzene rings is 1. The van der Waals surface area contributed by atoms with Crippen LogP contribution >= 0.6 is 0 Å². The maximum atomic E-state index is 9.67. The topological polar surface area (TPSA) is 0 Å². The van der Waals surface area contributed by atoms with Crippen molar-refractivity contribution in [2.75, 3.05) is 20.6 Å². The minimum atomic E-state index is -3.67. The van der Waals surface area contributed by atoms with Gasteiger partial charge >= 0.3 is 6.68 Å². The van der Waals surface area contributed by atoms with Gasteiger partial charge in [0.1, 0.15) is 6.54 Å². The zero-order valence-electron chi connectivity index (χ0n) is 19.9. The Labute approximate surface area is 184 Å². The SMILES string of the molecule is CCCCCCCCCCCCCCCC[N+](C)(C)Cc1ccccc1.FC(F)F. The predicted molar refractivity (Wildman–Crippen MR) is 125 cm³/mol. The molecule has 1 aromatic carbocycles. The van der Waals surface area contributed by atoms with Crippen molar-refractivity contribution >= 4 is 0 Å². The van der Waals surface area contributed by atoms with Crippen LogP contribution < -0.4 is 0 Å². The average Bonchev–Trinajstić information content (AvgIpc) is 2.68. The van der Waals surface area contributed by atoms with Crippen molar-refractivity contribution < 1.29 is 17.7 Å². The van der Waals surface area contributed by atoms with Gasteiger partial charge in [0.15, 0.2) is 0 Å². The normalized spacial score (nSPS) is 11.4. The third kappa shape index (κ3) is 21.7. The molecule has 0 heterocycles. The molecule has 30 heavy (non-hydrogen) atoms. The highest BCUT2D eigenvalue weighted by molar-refractivity contribution is 5.13. The van der Waals surface area contributed by atoms with E-state index in [1.54, 1.807) is 0 Å². The molecule has 0 saturated carbocycles. The minimum Gasteiger partial charge on any atom is -0.325 e. The summed E-state index contributed by atoms with van der Waals surface area (Å²) >= 11 is 0. The molecular formula is C26H47F3N+. The summed E-state index contributed by atoms with van der Waals surface area (Å²) in [6.07, 6.45) is 20.2. The van der Waals surface area contributed by atoms with Crippen LogP contribution in [0.3, 0.4) is 0 Å². The van der Waals surface area contributed by atoms with E-state index < -0.39 is 6.68 Å². The maximum absolute atomic E-state index is 9.67. The van der Waals surface area contributed by atoms with E-state index in [0.717, 1.165) is 11.0 Å². The zero-order valence-corrected chi connectivity index (χ0v) is 19.9. The van der Waals surface area contributed by atoms with Gasteiger partial charge in [-0.05, 0) is 12.8 Å². The maximum Gasteiger partial charge on any atom is 0.379 e. The first-order chi connectivity index (χ1) is 14.4. The Morgan fingerprint density at radius 2 is 1.00 bits per heavy atom. The highest BCUT2D eigenvalue weighted by atomic mass is 19.4. The monoisotopic (exact) mass is 430 g/mol. The predicted octanol–water partition coefficient (Wildman–Crippen LogP) is 8.92. The number of unbranched alkanes of at least 4 members (excludes halogenated alkanes) is 13. The summed E-state index contributed by atoms with van der Waals surface area (Å²) in [5, 5.41) is 0. The van der Waals surface area contributed by atoms with Gasteiger partial charge in [0.25, 0.3) is 0 Å². The Balaban J connectivity index is 0.00000192. The number of rotatable bonds is 17. The molecule has 176 valence electrons. The van der Waals surface area contributed by atoms with Crippen LogP contribution in [0.1, 0.15) is 102 Å². The van der Waals surface area contributed by atoms with Crippen LogP contribution in [0.25, 0.3) is 0 Å². The summed E-state index contributed by atoms with van der Waals surface area (Å²) in [6, 6.07) is 10.9. The number of hydrogen-bond donors (Lipinski definition) is 0. The number of quaternary nitrogens is 1. The second-order valence-corrected chi connectivity index (χ2v) is 9.15. The summed E-state index contributed by atoms with van der Waals surface area (Å²) in [7, 11) is 4.74. The standard InChI is InChI=1S/C25H46N.CHF3/c1-4-5-6-7-8-9-10-11-12-13-14-15-16-20-23-26(2,3)24-25-21-18-17-19-22-25;2-1(3)4/h17-19,21-22H,4-16,20,23-24H2,1-3H3;1H/q+1;. The third-order valence-corrected chi connectivity index (χ3v) is 5.57. The van der Waals surface area contributed by atoms with Crippen molar-refractivity contribution in [1.82, 2.24) is 0 Å². The fourth-order valence-electron chi connectivity index (χ4n) is 3.89. The summed E-state index contributed by atoms with van der Waals surface area (Å²) in [4.78, 5) is 0. The van der Waals surface area contributed by atoms with E-state index in [0.29, 0.717) is 0 Å². The van der Waals surface area contributed by atoms with Gasteiger partial charge in [0, 0.05) is 5.56 Å². The molecule has 0 aliphatic carbocycles. The van der Waals surface area contributed by atoms with E-state index >= 15 is 0 Å². The third-order valence-electron chi connectivity index (χ3n) is 5.57. The smallest absolute Gasteiger partial charge is 0.325 e. The lowest BCUT2D eigenvalue weighted by molar-refractivity contribution is -0.903. The molecule has 0 bridgehead atoms. The average molecular weight is 431 g/mol. The first-order valence-electron chi connectivity index (χ1n) is 12.2. The highest BCUT2D eigenvalue weighted by Crippen LogP contribution is 2.15. The Morgan fingerprint density at radius 3 is 1.40 bits per heavy atom. The number of halogens is 3. The van der Waals surface area contributed by atoms with E-state index in [2.05, 4.69) is 51.4 Å². The van der Waals surface area contributed by atoms with Crippen LogP contribution in [0.5, 0.6) is 0 Å². The van der Waals surface area contributed by atoms with Crippen molar-refractivity contribution in [3.8, 4) is 0 Å². The van der Waals surface area contributed by atoms with Gasteiger partial charge in [-0.3, -0.25) is 0 Å². The molecule has 1 nitrogen and oxygen atoms in total. The van der Waals surface area contributed by atoms with Crippen molar-refractivity contribution in [2.45, 2.75) is 110 Å². The van der Waals surface area contributed by atoms with Gasteiger partial charge in [-0.2, -0.15) is 13.2 Å². The van der Waals surface area contributed by atoms with Crippen molar-refractivity contribution in [3.63, 3.8) is 0 Å². The number of hydrogen-bond acceptors (Lipinski definition) is 0. The molecule has 0 N–H and O–H groups in total. The molecule has 0 aromatic heterocycles. The summed E-state index contributed by atoms with van der Waals surface area (Å²) < 4.78 is 30.1. The van der Waals surface area contributed by atoms with Crippen molar-refractivity contribution in [2.24, 2.45) is 0 Å². The van der Waals surface area contributed by atoms with E-state index in [9.17, 15) is 13.2 Å². The molecule has 0 unspecified atom stereocenters. The van der Waals surface area contributed by atoms with Crippen molar-refractivity contribution in [1.29, 1.82) is 0 Å². The number of alkyl halides is 3. The van der Waals surface area contributed by atoms with E-state index in [1.165, 1.54) is 102 Å². The molecule has 0 radical (unpaired) electrons. The summed E-state index contributed by atoms with van der Waals surface area (Å²) in [5.41, 5.74) is 1.46. The lowest BCUT2D eigenvalue weighted by atomic mass is 10.0. The zero-order chi connectivity index (χ0) is 22.5. The van der Waals surface area contributed by atoms with Crippen LogP contribution in [-0.2, 0) is 6.54 Å². The van der Waals surface area contributed by atoms with Gasteiger partial charge in [-0.1, -0.05) is 114 Å². The van der Waals surface area contributed by atoms with Gasteiger partial charge < -0.3 is 4.48 Å². The molecule has 1 rings (SSSR count). The minimum absolute atomic E-state index is 1.11. The molecule has 0 aliphatic heterocycles. The van der Waals surface area contributed by atoms with Crippen LogP contribution in [-0.4, -0.2) is 31.8 Å². The van der Waals surface area contributed by atoms with Gasteiger partial charge in [-0.15, -0.1) is 0 Å². The summed E-state index contributed by atoms with van der Waals surface area (Å²) in [5.74, 6) is 0. The quantitative estimate of drug-likeness (QED) is 0.171. The lowest BCUT2D eigenvalue weighted by Gasteiger charge is -2.30. The first kappa shape index (κ1) is 29.0. The number of nitrogens with zero attached hydrogens (tertiary/aromatic N) is 1. The van der Waals surface area contributed by atoms with Crippen LogP contribution in [0.4, 0.5) is 13.2 Å². The van der Waals surface area contributed by atoms with Crippen LogP contribution in [0.15, 0.2) is 30.3 Å². The van der Waals surface area contributed by atoms with Crippen molar-refractivity contribution in [3.05, 3.63) is 35.9 Å². The van der Waals surface area contributed by atoms with E-state index in [4.69, 9.17) is 0 Å². The molecular weight excluding hydrogens is 383 g/mol. The highest BCUT2D eigenvalue weighted by Gasteiger charge is 2.14. The van der Waals surface area contributed by atoms with Gasteiger partial charge in [0.2, 0.25) is 0 Å². The Hall–Kier alpha value is -1.03. The Bertz CT molecular complexity index is 460. The summed E-state index contributed by atoms with van der Waals surface area (Å²) in [6.45, 7) is 1.08. The molecule has 1 aromatic rings. The molecule has 0 aliphatic rings. The van der Waals surface area contributed by atoms with E-state index in [1.807, 2.05) is 0 Å². The second-order valence-electron chi connectivity index (χ2n) is 9.15. The molecule has 4 heteroatoms. The molecule has 0 atom stereocenters. The molecule has 0 saturated heterocycles. The van der Waals surface area contributed by atoms with Gasteiger partial charge in [0.05, 0.1) is 20.6 Å². The molecule has 0 spiro atoms. The second kappa shape index (κ2) is 19.9. The van der Waals surface area contributed by atoms with Crippen LogP contribution in [0, 0.1) is 0 Å². The fraction of sp³-hybridized carbons (Fsp3) is 0.769.